The SMILES string of the molecule is CC(C)C12CC[N+](C(C)C)(CC1)CC2.CC(C)N1CC2(CC[N+](C)(C(C)C)CC2)C1.CC(C)N1CC2=C(C1)C[N+](C)(C(C)C)C2.CC(C)N1CCC2C1CC[N+]2(C)C(C)C.CC(C)N1CCc2c1ccc[n+]2C(C)C.CC(C)N1Cc2ccc[n+](C(C)C)c2C1.CC(C)[N+]1(C(C)C)C=CC=C1.CC(C)c1c[n+](C(C)C)n2c1NCC2. The van der Waals surface area contributed by atoms with E-state index in [4.69, 9.17) is 0 Å². The summed E-state index contributed by atoms with van der Waals surface area (Å²) in [5.41, 5.74) is 12.3. The zero-order chi connectivity index (χ0) is 85.6. The van der Waals surface area contributed by atoms with Crippen molar-refractivity contribution in [3.63, 3.8) is 0 Å². The van der Waals surface area contributed by atoms with Crippen molar-refractivity contribution in [2.75, 3.05) is 130 Å². The van der Waals surface area contributed by atoms with Gasteiger partial charge in [-0.05, 0) is 235 Å². The van der Waals surface area contributed by atoms with Gasteiger partial charge in [0.25, 0.3) is 0 Å². The number of quaternary nitrogens is 5. The lowest BCUT2D eigenvalue weighted by molar-refractivity contribution is -0.964. The van der Waals surface area contributed by atoms with Crippen molar-refractivity contribution in [3.05, 3.63) is 101 Å². The van der Waals surface area contributed by atoms with Crippen LogP contribution in [0.25, 0.3) is 0 Å². The van der Waals surface area contributed by atoms with E-state index >= 15 is 0 Å². The lowest BCUT2D eigenvalue weighted by Crippen LogP contribution is -2.66. The highest BCUT2D eigenvalue weighted by Crippen LogP contribution is 2.50. The molecule has 3 aromatic heterocycles. The Hall–Kier alpha value is -4.03. The summed E-state index contributed by atoms with van der Waals surface area (Å²) in [7, 11) is 7.32. The van der Waals surface area contributed by atoms with Gasteiger partial charge in [0.1, 0.15) is 37.2 Å². The van der Waals surface area contributed by atoms with E-state index in [0.29, 0.717) is 59.7 Å². The molecule has 15 heteroatoms. The first-order valence-corrected chi connectivity index (χ1v) is 47.7. The van der Waals surface area contributed by atoms with E-state index in [9.17, 15) is 0 Å². The number of fused-ring (bicyclic) bond motifs is 7. The number of rotatable bonds is 16. The van der Waals surface area contributed by atoms with Crippen LogP contribution in [-0.4, -0.2) is 245 Å². The Balaban J connectivity index is 0.000000165. The Kier molecular flexibility index (Phi) is 33.4. The third kappa shape index (κ3) is 21.9. The molecular weight excluding hydrogens is 1410 g/mol. The molecule has 13 aliphatic rings. The Morgan fingerprint density at radius 2 is 0.983 bits per heavy atom. The van der Waals surface area contributed by atoms with Crippen LogP contribution in [0.2, 0.25) is 0 Å². The molecule has 16 heterocycles. The zero-order valence-corrected chi connectivity index (χ0v) is 81.9. The van der Waals surface area contributed by atoms with E-state index < -0.39 is 0 Å². The molecule has 2 bridgehead atoms. The lowest BCUT2D eigenvalue weighted by atomic mass is 9.64. The van der Waals surface area contributed by atoms with E-state index in [2.05, 4.69) is 358 Å². The molecule has 3 aromatic rings. The molecule has 0 aliphatic carbocycles. The van der Waals surface area contributed by atoms with Crippen molar-refractivity contribution >= 4 is 11.5 Å². The summed E-state index contributed by atoms with van der Waals surface area (Å²) in [5.74, 6) is 2.83. The molecule has 0 aromatic carbocycles. The number of aromatic nitrogens is 4. The first-order valence-electron chi connectivity index (χ1n) is 47.7. The minimum atomic E-state index is 0.543. The number of pyridine rings is 2. The lowest BCUT2D eigenvalue weighted by Gasteiger charge is -2.58. The van der Waals surface area contributed by atoms with Crippen molar-refractivity contribution in [2.45, 2.75) is 395 Å². The highest BCUT2D eigenvalue weighted by molar-refractivity contribution is 5.53. The molecule has 0 amide bonds. The number of allylic oxidation sites excluding steroid dienone is 2. The van der Waals surface area contributed by atoms with Gasteiger partial charge in [-0.3, -0.25) is 24.1 Å². The fraction of sp³-hybridized carbons (Fsp3) is 0.810. The number of nitrogens with one attached hydrogen (secondary N) is 1. The van der Waals surface area contributed by atoms with Crippen LogP contribution in [0, 0.1) is 16.7 Å². The molecule has 0 saturated carbocycles. The summed E-state index contributed by atoms with van der Waals surface area (Å²) in [6.07, 6.45) is 26.9. The second kappa shape index (κ2) is 39.9. The van der Waals surface area contributed by atoms with Crippen LogP contribution in [0.15, 0.2) is 78.6 Å². The molecule has 7 fully saturated rings. The van der Waals surface area contributed by atoms with Gasteiger partial charge in [-0.1, -0.05) is 27.7 Å². The number of likely N-dealkylation sites (tertiary alicyclic amines) is 4. The molecular formula is C100H187N15+8. The number of piperidine rings is 4. The summed E-state index contributed by atoms with van der Waals surface area (Å²) in [5, 5.41) is 3.47. The summed E-state index contributed by atoms with van der Waals surface area (Å²) < 4.78 is 15.8. The first-order chi connectivity index (χ1) is 53.7. The smallest absolute Gasteiger partial charge is 0.206 e. The molecule has 1 N–H and O–H groups in total. The van der Waals surface area contributed by atoms with Gasteiger partial charge in [0.2, 0.25) is 11.9 Å². The molecule has 1 spiro atoms. The summed E-state index contributed by atoms with van der Waals surface area (Å²) >= 11 is 0. The highest BCUT2D eigenvalue weighted by Gasteiger charge is 2.55. The van der Waals surface area contributed by atoms with Crippen LogP contribution < -0.4 is 24.0 Å². The number of hydrogen-bond donors (Lipinski definition) is 1. The average Bonchev–Trinajstić information content (AvgIpc) is 1.77. The van der Waals surface area contributed by atoms with Gasteiger partial charge in [-0.25, -0.2) is 0 Å². The third-order valence-corrected chi connectivity index (χ3v) is 32.1. The summed E-state index contributed by atoms with van der Waals surface area (Å²) in [6, 6.07) is 20.2. The van der Waals surface area contributed by atoms with E-state index in [0.717, 1.165) is 90.3 Å². The second-order valence-corrected chi connectivity index (χ2v) is 43.8. The van der Waals surface area contributed by atoms with E-state index in [1.165, 1.54) is 195 Å². The van der Waals surface area contributed by atoms with Gasteiger partial charge in [0.05, 0.1) is 128 Å². The van der Waals surface area contributed by atoms with E-state index in [1.54, 1.807) is 11.1 Å². The van der Waals surface area contributed by atoms with Crippen LogP contribution in [0.5, 0.6) is 0 Å². The molecule has 3 unspecified atom stereocenters. The predicted octanol–water partition coefficient (Wildman–Crippen LogP) is 18.5. The van der Waals surface area contributed by atoms with Crippen LogP contribution in [0.4, 0.5) is 11.5 Å². The van der Waals surface area contributed by atoms with Gasteiger partial charge >= 0.3 is 0 Å². The van der Waals surface area contributed by atoms with Crippen molar-refractivity contribution in [2.24, 2.45) is 16.7 Å². The van der Waals surface area contributed by atoms with Gasteiger partial charge in [-0.2, -0.15) is 9.13 Å². The van der Waals surface area contributed by atoms with Crippen LogP contribution >= 0.6 is 0 Å². The predicted molar refractivity (Wildman–Crippen MR) is 491 cm³/mol. The summed E-state index contributed by atoms with van der Waals surface area (Å²) in [4.78, 5) is 13.0. The van der Waals surface area contributed by atoms with Crippen molar-refractivity contribution in [3.8, 4) is 0 Å². The Morgan fingerprint density at radius 3 is 1.42 bits per heavy atom. The molecule has 115 heavy (non-hydrogen) atoms. The molecule has 7 saturated heterocycles. The number of nitrogens with zero attached hydrogens (tertiary/aromatic N) is 14. The van der Waals surface area contributed by atoms with E-state index in [1.807, 2.05) is 0 Å². The van der Waals surface area contributed by atoms with Crippen molar-refractivity contribution in [1.82, 2.24) is 24.3 Å². The first kappa shape index (κ1) is 96.4. The monoisotopic (exact) mass is 1600 g/mol. The molecule has 3 atom stereocenters. The topological polar surface area (TPSA) is 44.8 Å². The maximum Gasteiger partial charge on any atom is 0.206 e. The maximum atomic E-state index is 3.47. The number of hydrogen-bond acceptors (Lipinski definition) is 6. The average molecular weight is 1600 g/mol. The maximum absolute atomic E-state index is 3.47. The van der Waals surface area contributed by atoms with Crippen LogP contribution in [0.1, 0.15) is 313 Å². The quantitative estimate of drug-likeness (QED) is 0.0876. The van der Waals surface area contributed by atoms with Gasteiger partial charge in [-0.15, -0.1) is 9.36 Å². The van der Waals surface area contributed by atoms with E-state index in [-0.39, 0.29) is 0 Å². The fourth-order valence-corrected chi connectivity index (χ4v) is 21.9. The number of anilines is 2. The largest absolute Gasteiger partial charge is 0.365 e. The number of likely N-dealkylation sites (N-methyl/N-ethyl adjacent to an activating group) is 2. The third-order valence-electron chi connectivity index (χ3n) is 32.1. The van der Waals surface area contributed by atoms with Gasteiger partial charge in [0.15, 0.2) is 42.0 Å². The second-order valence-electron chi connectivity index (χ2n) is 43.8. The minimum absolute atomic E-state index is 0.543. The molecule has 15 nitrogen and oxygen atoms in total. The standard InChI is InChI=1S/C14H29N2.C13H25N2.C13H27N2.2C13H21N2.C13H26N.C11H19N3.C10H18N/c1-12(2)15-10-14(11-15)6-8-16(5,9-7-14)13(3)4;1-10(2)14-6-12-8-15(5,11(3)4)9-13(12)7-14;1-10(2)14-8-6-13-12(14)7-9-15(13,5)11(3)4;1-10(2)14-8-5-6-12-13(14)7-9-15(12)11(3)4;1-10(2)14-8-12-6-5-7-15(11(3)4)13(12)9-14;1-11(2)13-5-8-14(9-6-13,10-7-13)12(3)4;1-8(2)10-7-14(9(3)4)13-6-5-12-11(10)13;1-9(2)11(10(3)4)7-5-6-8-11/h12-13H,6-11H2,1-5H3;10-11H,6-9H2,1-5H3;10-13H,6-9H2,1-5H3;5-6,8,10-11H,7,9H2,1-4H3;5-7,10-11H,8-9H2,1-4H3;11-12H,5-10H2,1-4H3;7-9H,5-6H2,1-4H3;5-10H,1-4H3/q6*+1;;+1/p+1. The molecule has 0 radical (unpaired) electrons. The molecule has 654 valence electrons. The minimum Gasteiger partial charge on any atom is -0.365 e. The Bertz CT molecular complexity index is 3490. The van der Waals surface area contributed by atoms with Crippen LogP contribution in [-0.2, 0) is 26.1 Å². The highest BCUT2D eigenvalue weighted by atomic mass is 15.5. The van der Waals surface area contributed by atoms with Gasteiger partial charge < -0.3 is 28.1 Å². The zero-order valence-electron chi connectivity index (χ0n) is 81.9. The van der Waals surface area contributed by atoms with Crippen molar-refractivity contribution < 1.29 is 36.2 Å². The fourth-order valence-electron chi connectivity index (χ4n) is 21.9. The Labute approximate surface area is 710 Å². The van der Waals surface area contributed by atoms with Gasteiger partial charge in [0, 0.05) is 162 Å². The molecule has 16 rings (SSSR count). The summed E-state index contributed by atoms with van der Waals surface area (Å²) in [6.45, 7) is 97.1. The normalized spacial score (nSPS) is 25.9. The Morgan fingerprint density at radius 1 is 0.470 bits per heavy atom. The molecule has 13 aliphatic heterocycles. The van der Waals surface area contributed by atoms with Crippen molar-refractivity contribution in [1.29, 1.82) is 0 Å². The van der Waals surface area contributed by atoms with Crippen LogP contribution in [0.3, 0.4) is 0 Å².